The van der Waals surface area contributed by atoms with Crippen molar-refractivity contribution >= 4 is 6.29 Å². The van der Waals surface area contributed by atoms with Crippen LogP contribution in [0.15, 0.2) is 12.2 Å². The van der Waals surface area contributed by atoms with Crippen LogP contribution in [0.2, 0.25) is 0 Å². The second kappa shape index (κ2) is 15.8. The fourth-order valence-corrected chi connectivity index (χ4v) is 2.11. The SMILES string of the molecule is CCCCCCCCC#C/C=C/C(CCCC[C]=O)[N+](=O)[O-]. The van der Waals surface area contributed by atoms with Gasteiger partial charge < -0.3 is 0 Å². The number of nitro groups is 1. The quantitative estimate of drug-likeness (QED) is 0.216. The molecule has 1 unspecified atom stereocenters. The zero-order valence-corrected chi connectivity index (χ0v) is 13.7. The molecule has 22 heavy (non-hydrogen) atoms. The molecule has 0 aliphatic rings. The van der Waals surface area contributed by atoms with Gasteiger partial charge in [-0.25, -0.2) is 0 Å². The third-order valence-corrected chi connectivity index (χ3v) is 3.46. The molecule has 4 nitrogen and oxygen atoms in total. The maximum absolute atomic E-state index is 10.9. The molecule has 0 bridgehead atoms. The first-order valence-corrected chi connectivity index (χ1v) is 8.36. The Balaban J connectivity index is 3.83. The third kappa shape index (κ3) is 13.4. The summed E-state index contributed by atoms with van der Waals surface area (Å²) in [6, 6.07) is -0.699. The molecular formula is C18H28NO3. The van der Waals surface area contributed by atoms with Gasteiger partial charge in [0.15, 0.2) is 6.29 Å². The second-order valence-electron chi connectivity index (χ2n) is 5.44. The molecule has 0 saturated heterocycles. The topological polar surface area (TPSA) is 60.2 Å². The Morgan fingerprint density at radius 3 is 2.41 bits per heavy atom. The summed E-state index contributed by atoms with van der Waals surface area (Å²) in [6.45, 7) is 2.21. The maximum Gasteiger partial charge on any atom is 0.232 e. The van der Waals surface area contributed by atoms with Gasteiger partial charge in [-0.2, -0.15) is 0 Å². The lowest BCUT2D eigenvalue weighted by atomic mass is 10.1. The molecule has 0 N–H and O–H groups in total. The number of carbonyl (C=O) groups excluding carboxylic acids is 1. The van der Waals surface area contributed by atoms with Crippen LogP contribution >= 0.6 is 0 Å². The molecule has 0 aromatic rings. The number of hydrogen-bond donors (Lipinski definition) is 0. The van der Waals surface area contributed by atoms with Crippen molar-refractivity contribution in [3.05, 3.63) is 22.3 Å². The molecule has 0 aromatic heterocycles. The Labute approximate surface area is 134 Å². The molecule has 0 aliphatic carbocycles. The molecule has 0 spiro atoms. The van der Waals surface area contributed by atoms with E-state index in [2.05, 4.69) is 18.8 Å². The summed E-state index contributed by atoms with van der Waals surface area (Å²) in [6.07, 6.45) is 15.4. The summed E-state index contributed by atoms with van der Waals surface area (Å²) in [5.74, 6) is 5.91. The highest BCUT2D eigenvalue weighted by Gasteiger charge is 2.14. The van der Waals surface area contributed by atoms with Gasteiger partial charge in [0.25, 0.3) is 0 Å². The Hall–Kier alpha value is -1.63. The van der Waals surface area contributed by atoms with Crippen molar-refractivity contribution in [2.24, 2.45) is 0 Å². The summed E-state index contributed by atoms with van der Waals surface area (Å²) >= 11 is 0. The lowest BCUT2D eigenvalue weighted by molar-refractivity contribution is -0.510. The van der Waals surface area contributed by atoms with E-state index in [4.69, 9.17) is 0 Å². The van der Waals surface area contributed by atoms with Gasteiger partial charge in [-0.3, -0.25) is 14.9 Å². The molecule has 0 fully saturated rings. The van der Waals surface area contributed by atoms with Gasteiger partial charge in [-0.05, 0) is 31.4 Å². The lowest BCUT2D eigenvalue weighted by Crippen LogP contribution is -2.16. The van der Waals surface area contributed by atoms with Crippen molar-refractivity contribution < 1.29 is 9.72 Å². The van der Waals surface area contributed by atoms with Crippen molar-refractivity contribution in [2.75, 3.05) is 0 Å². The van der Waals surface area contributed by atoms with Crippen molar-refractivity contribution in [1.82, 2.24) is 0 Å². The molecule has 0 saturated carbocycles. The average Bonchev–Trinajstić information content (AvgIpc) is 2.50. The standard InChI is InChI=1S/C18H28NO3/c1-2-3-4-5-6-7-8-9-10-12-15-18(19(21)22)16-13-11-14-17-20/h12,15,18H,2-8,11,13-14,16H2,1H3/b15-12+. The molecule has 0 rings (SSSR count). The molecular weight excluding hydrogens is 278 g/mol. The van der Waals surface area contributed by atoms with Crippen LogP contribution in [0.5, 0.6) is 0 Å². The van der Waals surface area contributed by atoms with Gasteiger partial charge >= 0.3 is 0 Å². The normalized spacial score (nSPS) is 11.9. The van der Waals surface area contributed by atoms with E-state index < -0.39 is 6.04 Å². The number of hydrogen-bond acceptors (Lipinski definition) is 3. The highest BCUT2D eigenvalue weighted by molar-refractivity contribution is 5.50. The van der Waals surface area contributed by atoms with Crippen LogP contribution in [0.25, 0.3) is 0 Å². The van der Waals surface area contributed by atoms with Crippen molar-refractivity contribution in [2.45, 2.75) is 83.6 Å². The Bertz CT molecular complexity index is 380. The van der Waals surface area contributed by atoms with Gasteiger partial charge in [0.2, 0.25) is 6.04 Å². The number of unbranched alkanes of at least 4 members (excludes halogenated alkanes) is 8. The Morgan fingerprint density at radius 2 is 1.73 bits per heavy atom. The van der Waals surface area contributed by atoms with Crippen molar-refractivity contribution in [3.63, 3.8) is 0 Å². The van der Waals surface area contributed by atoms with E-state index in [0.717, 1.165) is 12.8 Å². The fourth-order valence-electron chi connectivity index (χ4n) is 2.11. The Morgan fingerprint density at radius 1 is 1.05 bits per heavy atom. The summed E-state index contributed by atoms with van der Waals surface area (Å²) in [7, 11) is 0. The number of rotatable bonds is 13. The van der Waals surface area contributed by atoms with Gasteiger partial charge in [-0.1, -0.05) is 50.9 Å². The first kappa shape index (κ1) is 20.4. The zero-order chi connectivity index (χ0) is 16.5. The minimum absolute atomic E-state index is 0.295. The van der Waals surface area contributed by atoms with E-state index in [1.807, 2.05) is 0 Å². The molecule has 0 aliphatic heterocycles. The van der Waals surface area contributed by atoms with Gasteiger partial charge in [-0.15, -0.1) is 0 Å². The fraction of sp³-hybridized carbons (Fsp3) is 0.722. The van der Waals surface area contributed by atoms with E-state index in [-0.39, 0.29) is 4.92 Å². The monoisotopic (exact) mass is 306 g/mol. The van der Waals surface area contributed by atoms with E-state index in [9.17, 15) is 14.9 Å². The summed E-state index contributed by atoms with van der Waals surface area (Å²) < 4.78 is 0. The molecule has 0 heterocycles. The zero-order valence-electron chi connectivity index (χ0n) is 13.7. The molecule has 4 heteroatoms. The summed E-state index contributed by atoms with van der Waals surface area (Å²) in [5, 5.41) is 10.9. The number of nitrogens with zero attached hydrogens (tertiary/aromatic N) is 1. The molecule has 123 valence electrons. The largest absolute Gasteiger partial charge is 0.291 e. The first-order valence-electron chi connectivity index (χ1n) is 8.36. The van der Waals surface area contributed by atoms with E-state index in [1.54, 1.807) is 18.4 Å². The minimum atomic E-state index is -0.699. The second-order valence-corrected chi connectivity index (χ2v) is 5.44. The molecule has 1 radical (unpaired) electrons. The van der Waals surface area contributed by atoms with Crippen LogP contribution in [0, 0.1) is 22.0 Å². The summed E-state index contributed by atoms with van der Waals surface area (Å²) in [4.78, 5) is 20.7. The van der Waals surface area contributed by atoms with Crippen LogP contribution < -0.4 is 0 Å². The number of allylic oxidation sites excluding steroid dienone is 1. The Kier molecular flexibility index (Phi) is 14.6. The predicted octanol–water partition coefficient (Wildman–Crippen LogP) is 4.61. The van der Waals surface area contributed by atoms with Crippen molar-refractivity contribution in [1.29, 1.82) is 0 Å². The first-order chi connectivity index (χ1) is 10.7. The van der Waals surface area contributed by atoms with Crippen molar-refractivity contribution in [3.8, 4) is 11.8 Å². The molecule has 1 atom stereocenters. The predicted molar refractivity (Wildman–Crippen MR) is 89.9 cm³/mol. The molecule has 0 aromatic carbocycles. The smallest absolute Gasteiger partial charge is 0.232 e. The van der Waals surface area contributed by atoms with Crippen LogP contribution in [0.4, 0.5) is 0 Å². The highest BCUT2D eigenvalue weighted by atomic mass is 16.6. The van der Waals surface area contributed by atoms with E-state index >= 15 is 0 Å². The van der Waals surface area contributed by atoms with Crippen LogP contribution in [-0.2, 0) is 4.79 Å². The maximum atomic E-state index is 10.9. The highest BCUT2D eigenvalue weighted by Crippen LogP contribution is 2.07. The average molecular weight is 306 g/mol. The van der Waals surface area contributed by atoms with Gasteiger partial charge in [0, 0.05) is 24.2 Å². The van der Waals surface area contributed by atoms with Crippen LogP contribution in [-0.4, -0.2) is 17.3 Å². The third-order valence-electron chi connectivity index (χ3n) is 3.46. The van der Waals surface area contributed by atoms with E-state index in [1.165, 1.54) is 32.1 Å². The lowest BCUT2D eigenvalue weighted by Gasteiger charge is -2.02. The summed E-state index contributed by atoms with van der Waals surface area (Å²) in [5.41, 5.74) is 0. The molecule has 0 amide bonds. The van der Waals surface area contributed by atoms with Crippen LogP contribution in [0.3, 0.4) is 0 Å². The minimum Gasteiger partial charge on any atom is -0.291 e. The van der Waals surface area contributed by atoms with Crippen LogP contribution in [0.1, 0.15) is 77.6 Å². The van der Waals surface area contributed by atoms with E-state index in [0.29, 0.717) is 25.7 Å². The van der Waals surface area contributed by atoms with Gasteiger partial charge in [0.05, 0.1) is 0 Å². The van der Waals surface area contributed by atoms with Gasteiger partial charge in [0.1, 0.15) is 0 Å².